The first-order chi connectivity index (χ1) is 14.7. The topological polar surface area (TPSA) is 79.6 Å². The number of imide groups is 2. The van der Waals surface area contributed by atoms with Gasteiger partial charge in [-0.15, -0.1) is 0 Å². The van der Waals surface area contributed by atoms with Crippen LogP contribution < -0.4 is 10.2 Å². The fourth-order valence-corrected chi connectivity index (χ4v) is 3.81. The molecule has 9 heteroatoms. The van der Waals surface area contributed by atoms with E-state index in [4.69, 9.17) is 27.6 Å². The van der Waals surface area contributed by atoms with Crippen LogP contribution in [0.4, 0.5) is 10.5 Å². The van der Waals surface area contributed by atoms with Gasteiger partial charge < -0.3 is 4.42 Å². The molecule has 0 aliphatic carbocycles. The molecule has 0 unspecified atom stereocenters. The monoisotopic (exact) mass is 518 g/mol. The summed E-state index contributed by atoms with van der Waals surface area (Å²) in [6.07, 6.45) is 1.29. The Kier molecular flexibility index (Phi) is 5.75. The third kappa shape index (κ3) is 4.17. The number of benzene rings is 2. The van der Waals surface area contributed by atoms with E-state index in [2.05, 4.69) is 21.2 Å². The molecular formula is C22H13BrCl2N2O4. The van der Waals surface area contributed by atoms with E-state index in [1.54, 1.807) is 48.5 Å². The standard InChI is InChI=1S/C22H13BrCl2N2O4/c1-11-8-13(3-6-17(11)23)27-21(29)16(20(28)26-22(27)30)10-14-4-7-19(31-14)15-5-2-12(24)9-18(15)25/h2-10H,1H3,(H,26,28,30)/b16-10-. The van der Waals surface area contributed by atoms with E-state index in [0.29, 0.717) is 27.1 Å². The smallest absolute Gasteiger partial charge is 0.335 e. The zero-order chi connectivity index (χ0) is 22.3. The van der Waals surface area contributed by atoms with Gasteiger partial charge >= 0.3 is 6.03 Å². The van der Waals surface area contributed by atoms with Crippen LogP contribution in [0.1, 0.15) is 11.3 Å². The van der Waals surface area contributed by atoms with Gasteiger partial charge in [-0.1, -0.05) is 39.1 Å². The Morgan fingerprint density at radius 3 is 2.52 bits per heavy atom. The Hall–Kier alpha value is -2.87. The zero-order valence-corrected chi connectivity index (χ0v) is 19.0. The Morgan fingerprint density at radius 1 is 1.03 bits per heavy atom. The van der Waals surface area contributed by atoms with Crippen LogP contribution >= 0.6 is 39.1 Å². The number of amides is 4. The molecule has 6 nitrogen and oxygen atoms in total. The van der Waals surface area contributed by atoms with Gasteiger partial charge in [-0.3, -0.25) is 14.9 Å². The summed E-state index contributed by atoms with van der Waals surface area (Å²) in [5.74, 6) is -0.866. The van der Waals surface area contributed by atoms with Gasteiger partial charge in [0.1, 0.15) is 17.1 Å². The van der Waals surface area contributed by atoms with Crippen LogP contribution in [-0.4, -0.2) is 17.8 Å². The first kappa shape index (κ1) is 21.4. The Labute approximate surface area is 195 Å². The van der Waals surface area contributed by atoms with Crippen LogP contribution in [0.25, 0.3) is 17.4 Å². The molecule has 0 saturated carbocycles. The van der Waals surface area contributed by atoms with Crippen molar-refractivity contribution in [1.29, 1.82) is 0 Å². The van der Waals surface area contributed by atoms with Crippen molar-refractivity contribution in [3.05, 3.63) is 79.9 Å². The van der Waals surface area contributed by atoms with Crippen molar-refractivity contribution < 1.29 is 18.8 Å². The normalized spacial score (nSPS) is 15.5. The molecule has 1 N–H and O–H groups in total. The van der Waals surface area contributed by atoms with E-state index in [9.17, 15) is 14.4 Å². The van der Waals surface area contributed by atoms with E-state index in [-0.39, 0.29) is 11.3 Å². The number of hydrogen-bond donors (Lipinski definition) is 1. The average Bonchev–Trinajstić information content (AvgIpc) is 3.16. The van der Waals surface area contributed by atoms with Crippen LogP contribution in [-0.2, 0) is 9.59 Å². The maximum absolute atomic E-state index is 13.0. The van der Waals surface area contributed by atoms with Crippen molar-refractivity contribution in [3.8, 4) is 11.3 Å². The number of rotatable bonds is 3. The number of nitrogens with one attached hydrogen (secondary N) is 1. The highest BCUT2D eigenvalue weighted by Gasteiger charge is 2.37. The summed E-state index contributed by atoms with van der Waals surface area (Å²) in [5, 5.41) is 3.07. The van der Waals surface area contributed by atoms with E-state index in [1.807, 2.05) is 6.92 Å². The molecule has 3 aromatic rings. The molecule has 0 spiro atoms. The van der Waals surface area contributed by atoms with Crippen molar-refractivity contribution in [1.82, 2.24) is 5.32 Å². The molecule has 2 heterocycles. The van der Waals surface area contributed by atoms with Crippen molar-refractivity contribution in [2.24, 2.45) is 0 Å². The zero-order valence-electron chi connectivity index (χ0n) is 15.9. The molecule has 1 aliphatic heterocycles. The summed E-state index contributed by atoms with van der Waals surface area (Å²) >= 11 is 15.5. The van der Waals surface area contributed by atoms with Gasteiger partial charge in [-0.25, -0.2) is 9.69 Å². The Balaban J connectivity index is 1.69. The molecule has 31 heavy (non-hydrogen) atoms. The minimum atomic E-state index is -0.818. The van der Waals surface area contributed by atoms with Crippen molar-refractivity contribution in [2.45, 2.75) is 6.92 Å². The summed E-state index contributed by atoms with van der Waals surface area (Å²) in [7, 11) is 0. The Bertz CT molecular complexity index is 1280. The van der Waals surface area contributed by atoms with E-state index in [0.717, 1.165) is 14.9 Å². The fraction of sp³-hybridized carbons (Fsp3) is 0.0455. The van der Waals surface area contributed by atoms with Gasteiger partial charge in [-0.2, -0.15) is 0 Å². The third-order valence-electron chi connectivity index (χ3n) is 4.61. The predicted molar refractivity (Wildman–Crippen MR) is 122 cm³/mol. The van der Waals surface area contributed by atoms with Gasteiger partial charge in [0.05, 0.1) is 10.7 Å². The minimum absolute atomic E-state index is 0.233. The summed E-state index contributed by atoms with van der Waals surface area (Å²) in [4.78, 5) is 38.6. The van der Waals surface area contributed by atoms with Gasteiger partial charge in [0.2, 0.25) is 0 Å². The van der Waals surface area contributed by atoms with Crippen LogP contribution in [0.15, 0.2) is 63.0 Å². The predicted octanol–water partition coefficient (Wildman–Crippen LogP) is 5.99. The number of urea groups is 1. The number of nitrogens with zero attached hydrogens (tertiary/aromatic N) is 1. The second-order valence-corrected chi connectivity index (χ2v) is 8.42. The van der Waals surface area contributed by atoms with E-state index in [1.165, 1.54) is 6.08 Å². The lowest BCUT2D eigenvalue weighted by Gasteiger charge is -2.26. The number of anilines is 1. The van der Waals surface area contributed by atoms with Crippen LogP contribution in [0.5, 0.6) is 0 Å². The molecule has 156 valence electrons. The number of hydrogen-bond acceptors (Lipinski definition) is 4. The lowest BCUT2D eigenvalue weighted by molar-refractivity contribution is -0.122. The Morgan fingerprint density at radius 2 is 1.81 bits per heavy atom. The second kappa shape index (κ2) is 8.34. The lowest BCUT2D eigenvalue weighted by Crippen LogP contribution is -2.54. The summed E-state index contributed by atoms with van der Waals surface area (Å²) < 4.78 is 6.58. The number of aryl methyl sites for hydroxylation is 1. The number of carbonyl (C=O) groups excluding carboxylic acids is 3. The number of furan rings is 1. The highest BCUT2D eigenvalue weighted by Crippen LogP contribution is 2.32. The molecule has 0 radical (unpaired) electrons. The first-order valence-corrected chi connectivity index (χ1v) is 10.5. The van der Waals surface area contributed by atoms with Crippen LogP contribution in [0.3, 0.4) is 0 Å². The molecule has 0 atom stereocenters. The molecule has 1 aromatic heterocycles. The van der Waals surface area contributed by atoms with E-state index < -0.39 is 17.8 Å². The molecule has 4 rings (SSSR count). The minimum Gasteiger partial charge on any atom is -0.457 e. The molecule has 4 amide bonds. The molecule has 1 aliphatic rings. The van der Waals surface area contributed by atoms with E-state index >= 15 is 0 Å². The largest absolute Gasteiger partial charge is 0.457 e. The number of barbiturate groups is 1. The number of halogens is 3. The van der Waals surface area contributed by atoms with Crippen molar-refractivity contribution in [2.75, 3.05) is 4.90 Å². The quantitative estimate of drug-likeness (QED) is 0.340. The second-order valence-electron chi connectivity index (χ2n) is 6.72. The van der Waals surface area contributed by atoms with Gasteiger partial charge in [0, 0.05) is 15.1 Å². The summed E-state index contributed by atoms with van der Waals surface area (Å²) in [5.41, 5.74) is 1.55. The highest BCUT2D eigenvalue weighted by molar-refractivity contribution is 9.10. The molecule has 0 bridgehead atoms. The first-order valence-electron chi connectivity index (χ1n) is 8.97. The third-order valence-corrected chi connectivity index (χ3v) is 6.05. The van der Waals surface area contributed by atoms with Gasteiger partial charge in [0.25, 0.3) is 11.8 Å². The highest BCUT2D eigenvalue weighted by atomic mass is 79.9. The molecule has 1 saturated heterocycles. The summed E-state index contributed by atoms with van der Waals surface area (Å²) in [6.45, 7) is 1.83. The average molecular weight is 520 g/mol. The van der Waals surface area contributed by atoms with Crippen molar-refractivity contribution >= 4 is 68.7 Å². The molecule has 2 aromatic carbocycles. The van der Waals surface area contributed by atoms with Gasteiger partial charge in [0.15, 0.2) is 0 Å². The maximum atomic E-state index is 13.0. The molecule has 1 fully saturated rings. The SMILES string of the molecule is Cc1cc(N2C(=O)NC(=O)/C(=C/c3ccc(-c4ccc(Cl)cc4Cl)o3)C2=O)ccc1Br. The van der Waals surface area contributed by atoms with Crippen LogP contribution in [0.2, 0.25) is 10.0 Å². The maximum Gasteiger partial charge on any atom is 0.335 e. The number of carbonyl (C=O) groups is 3. The molecular weight excluding hydrogens is 507 g/mol. The lowest BCUT2D eigenvalue weighted by atomic mass is 10.1. The van der Waals surface area contributed by atoms with Crippen LogP contribution in [0, 0.1) is 6.92 Å². The van der Waals surface area contributed by atoms with Gasteiger partial charge in [-0.05, 0) is 67.1 Å². The van der Waals surface area contributed by atoms with Crippen molar-refractivity contribution in [3.63, 3.8) is 0 Å². The fourth-order valence-electron chi connectivity index (χ4n) is 3.07. The summed E-state index contributed by atoms with van der Waals surface area (Å²) in [6, 6.07) is 12.4.